The van der Waals surface area contributed by atoms with Gasteiger partial charge in [-0.05, 0) is 6.92 Å². The van der Waals surface area contributed by atoms with Crippen LogP contribution in [-0.2, 0) is 6.54 Å². The smallest absolute Gasteiger partial charge is 0.216 e. The lowest BCUT2D eigenvalue weighted by atomic mass is 10.2. The van der Waals surface area contributed by atoms with Crippen molar-refractivity contribution in [3.63, 3.8) is 0 Å². The van der Waals surface area contributed by atoms with E-state index in [1.807, 2.05) is 30.3 Å². The minimum atomic E-state index is -0.631. The highest BCUT2D eigenvalue weighted by molar-refractivity contribution is 5.55. The Morgan fingerprint density at radius 3 is 2.80 bits per heavy atom. The molecule has 1 atom stereocenters. The van der Waals surface area contributed by atoms with Gasteiger partial charge in [0.1, 0.15) is 12.2 Å². The predicted molar refractivity (Wildman–Crippen MR) is 71.7 cm³/mol. The molecule has 102 valence electrons. The van der Waals surface area contributed by atoms with Crippen molar-refractivity contribution in [3.8, 4) is 11.3 Å². The van der Waals surface area contributed by atoms with Gasteiger partial charge in [0.2, 0.25) is 5.89 Å². The molecule has 6 nitrogen and oxygen atoms in total. The van der Waals surface area contributed by atoms with Crippen molar-refractivity contribution >= 4 is 0 Å². The van der Waals surface area contributed by atoms with Gasteiger partial charge in [0, 0.05) is 5.56 Å². The molecule has 0 fully saturated rings. The van der Waals surface area contributed by atoms with E-state index in [-0.39, 0.29) is 0 Å². The zero-order valence-electron chi connectivity index (χ0n) is 11.0. The van der Waals surface area contributed by atoms with Crippen LogP contribution in [0.4, 0.5) is 0 Å². The number of aromatic nitrogens is 4. The van der Waals surface area contributed by atoms with Crippen molar-refractivity contribution in [3.05, 3.63) is 54.3 Å². The van der Waals surface area contributed by atoms with Gasteiger partial charge < -0.3 is 9.52 Å². The molecule has 0 spiro atoms. The summed E-state index contributed by atoms with van der Waals surface area (Å²) in [5.74, 6) is 1.27. The van der Waals surface area contributed by atoms with Gasteiger partial charge >= 0.3 is 0 Å². The summed E-state index contributed by atoms with van der Waals surface area (Å²) in [4.78, 5) is 4.22. The van der Waals surface area contributed by atoms with Crippen LogP contribution in [-0.4, -0.2) is 25.1 Å². The molecule has 0 aliphatic rings. The van der Waals surface area contributed by atoms with Gasteiger partial charge in [0.05, 0.1) is 18.5 Å². The topological polar surface area (TPSA) is 77.0 Å². The molecule has 1 unspecified atom stereocenters. The van der Waals surface area contributed by atoms with Gasteiger partial charge in [-0.15, -0.1) is 5.10 Å². The third kappa shape index (κ3) is 2.60. The minimum Gasteiger partial charge on any atom is -0.439 e. The van der Waals surface area contributed by atoms with Crippen LogP contribution >= 0.6 is 0 Å². The van der Waals surface area contributed by atoms with E-state index in [0.717, 1.165) is 11.3 Å². The van der Waals surface area contributed by atoms with Gasteiger partial charge in [-0.3, -0.25) is 0 Å². The van der Waals surface area contributed by atoms with Crippen LogP contribution < -0.4 is 0 Å². The zero-order chi connectivity index (χ0) is 13.9. The van der Waals surface area contributed by atoms with Crippen molar-refractivity contribution in [2.75, 3.05) is 0 Å². The number of rotatable bonds is 4. The van der Waals surface area contributed by atoms with E-state index >= 15 is 0 Å². The monoisotopic (exact) mass is 270 g/mol. The lowest BCUT2D eigenvalue weighted by Crippen LogP contribution is -2.00. The van der Waals surface area contributed by atoms with Crippen molar-refractivity contribution in [1.29, 1.82) is 0 Å². The van der Waals surface area contributed by atoms with Crippen molar-refractivity contribution < 1.29 is 9.52 Å². The number of hydrogen-bond acceptors (Lipinski definition) is 5. The Labute approximate surface area is 115 Å². The summed E-state index contributed by atoms with van der Waals surface area (Å²) in [6.45, 7) is 2.03. The predicted octanol–water partition coefficient (Wildman–Crippen LogP) is 2.03. The number of hydrogen-bond donors (Lipinski definition) is 1. The summed E-state index contributed by atoms with van der Waals surface area (Å²) < 4.78 is 7.27. The molecule has 20 heavy (non-hydrogen) atoms. The molecule has 1 N–H and O–H groups in total. The second-order valence-corrected chi connectivity index (χ2v) is 4.50. The highest BCUT2D eigenvalue weighted by Crippen LogP contribution is 2.20. The Bertz CT molecular complexity index is 688. The number of aliphatic hydroxyl groups excluding tert-OH is 1. The SMILES string of the molecule is CC(O)c1cn(Cc2ncc(-c3ccccc3)o2)nn1. The molecule has 1 aromatic carbocycles. The molecule has 0 bridgehead atoms. The Kier molecular flexibility index (Phi) is 3.30. The van der Waals surface area contributed by atoms with Crippen LogP contribution in [0.25, 0.3) is 11.3 Å². The Morgan fingerprint density at radius 1 is 1.30 bits per heavy atom. The highest BCUT2D eigenvalue weighted by Gasteiger charge is 2.10. The van der Waals surface area contributed by atoms with E-state index in [1.165, 1.54) is 0 Å². The average molecular weight is 270 g/mol. The zero-order valence-corrected chi connectivity index (χ0v) is 11.0. The van der Waals surface area contributed by atoms with Crippen LogP contribution in [0.3, 0.4) is 0 Å². The maximum Gasteiger partial charge on any atom is 0.216 e. The van der Waals surface area contributed by atoms with Crippen LogP contribution in [0.2, 0.25) is 0 Å². The number of nitrogens with zero attached hydrogens (tertiary/aromatic N) is 4. The molecule has 6 heteroatoms. The summed E-state index contributed by atoms with van der Waals surface area (Å²) in [6.07, 6.45) is 2.74. The van der Waals surface area contributed by atoms with Gasteiger partial charge in [-0.2, -0.15) is 0 Å². The Morgan fingerprint density at radius 2 is 2.10 bits per heavy atom. The van der Waals surface area contributed by atoms with E-state index < -0.39 is 6.10 Å². The molecule has 0 aliphatic carbocycles. The van der Waals surface area contributed by atoms with Gasteiger partial charge in [0.15, 0.2) is 5.76 Å². The van der Waals surface area contributed by atoms with Crippen LogP contribution in [0.15, 0.2) is 47.1 Å². The minimum absolute atomic E-state index is 0.382. The third-order valence-corrected chi connectivity index (χ3v) is 2.89. The highest BCUT2D eigenvalue weighted by atomic mass is 16.4. The summed E-state index contributed by atoms with van der Waals surface area (Å²) >= 11 is 0. The van der Waals surface area contributed by atoms with E-state index in [4.69, 9.17) is 4.42 Å². The fraction of sp³-hybridized carbons (Fsp3) is 0.214. The van der Waals surface area contributed by atoms with Crippen LogP contribution in [0.5, 0.6) is 0 Å². The second-order valence-electron chi connectivity index (χ2n) is 4.50. The lowest BCUT2D eigenvalue weighted by molar-refractivity contribution is 0.194. The summed E-state index contributed by atoms with van der Waals surface area (Å²) in [6, 6.07) is 9.78. The fourth-order valence-electron chi connectivity index (χ4n) is 1.84. The largest absolute Gasteiger partial charge is 0.439 e. The fourth-order valence-corrected chi connectivity index (χ4v) is 1.84. The van der Waals surface area contributed by atoms with E-state index in [9.17, 15) is 5.11 Å². The van der Waals surface area contributed by atoms with E-state index in [1.54, 1.807) is 24.0 Å². The van der Waals surface area contributed by atoms with Crippen LogP contribution in [0, 0.1) is 0 Å². The first kappa shape index (κ1) is 12.6. The maximum atomic E-state index is 9.40. The lowest BCUT2D eigenvalue weighted by Gasteiger charge is -1.97. The van der Waals surface area contributed by atoms with Crippen LogP contribution in [0.1, 0.15) is 24.6 Å². The summed E-state index contributed by atoms with van der Waals surface area (Å²) in [7, 11) is 0. The first-order chi connectivity index (χ1) is 9.72. The molecule has 0 saturated carbocycles. The number of benzene rings is 1. The number of oxazole rings is 1. The maximum absolute atomic E-state index is 9.40. The average Bonchev–Trinajstić information content (AvgIpc) is 3.10. The Balaban J connectivity index is 1.77. The van der Waals surface area contributed by atoms with Crippen molar-refractivity contribution in [1.82, 2.24) is 20.0 Å². The third-order valence-electron chi connectivity index (χ3n) is 2.89. The molecule has 0 amide bonds. The molecular formula is C14H14N4O2. The molecule has 3 rings (SSSR count). The quantitative estimate of drug-likeness (QED) is 0.785. The number of aliphatic hydroxyl groups is 1. The second kappa shape index (κ2) is 5.26. The molecule has 2 aromatic heterocycles. The molecule has 0 saturated heterocycles. The first-order valence-electron chi connectivity index (χ1n) is 6.30. The molecule has 0 radical (unpaired) electrons. The standard InChI is InChI=1S/C14H14N4O2/c1-10(19)12-8-18(17-16-12)9-14-15-7-13(20-14)11-5-3-2-4-6-11/h2-8,10,19H,9H2,1H3. The molecule has 3 aromatic rings. The van der Waals surface area contributed by atoms with Gasteiger partial charge in [-0.25, -0.2) is 9.67 Å². The normalized spacial score (nSPS) is 12.5. The van der Waals surface area contributed by atoms with Crippen molar-refractivity contribution in [2.24, 2.45) is 0 Å². The van der Waals surface area contributed by atoms with Gasteiger partial charge in [-0.1, -0.05) is 35.5 Å². The summed E-state index contributed by atoms with van der Waals surface area (Å²) in [5.41, 5.74) is 1.51. The van der Waals surface area contributed by atoms with Gasteiger partial charge in [0.25, 0.3) is 0 Å². The molecule has 0 aliphatic heterocycles. The first-order valence-corrected chi connectivity index (χ1v) is 6.30. The van der Waals surface area contributed by atoms with E-state index in [2.05, 4.69) is 15.3 Å². The van der Waals surface area contributed by atoms with E-state index in [0.29, 0.717) is 18.1 Å². The summed E-state index contributed by atoms with van der Waals surface area (Å²) in [5, 5.41) is 17.2. The molecular weight excluding hydrogens is 256 g/mol. The van der Waals surface area contributed by atoms with Crippen molar-refractivity contribution in [2.45, 2.75) is 19.6 Å². The Hall–Kier alpha value is -2.47. The molecule has 2 heterocycles.